The molecule has 2 aromatic rings. The van der Waals surface area contributed by atoms with E-state index >= 15 is 0 Å². The van der Waals surface area contributed by atoms with Gasteiger partial charge in [-0.3, -0.25) is 4.99 Å². The molecular weight excluding hydrogens is 548 g/mol. The van der Waals surface area contributed by atoms with Crippen molar-refractivity contribution in [2.24, 2.45) is 4.99 Å². The van der Waals surface area contributed by atoms with Gasteiger partial charge in [0.2, 0.25) is 0 Å². The number of hydrogen-bond acceptors (Lipinski definition) is 4. The van der Waals surface area contributed by atoms with E-state index in [1.165, 1.54) is 6.26 Å². The van der Waals surface area contributed by atoms with E-state index in [1.807, 2.05) is 6.07 Å². The maximum Gasteiger partial charge on any atom is 0.191 e. The number of benzene rings is 2. The van der Waals surface area contributed by atoms with Gasteiger partial charge in [-0.05, 0) is 36.2 Å². The van der Waals surface area contributed by atoms with Gasteiger partial charge in [-0.2, -0.15) is 0 Å². The van der Waals surface area contributed by atoms with E-state index in [-0.39, 0.29) is 24.0 Å². The Morgan fingerprint density at radius 2 is 1.90 bits per heavy atom. The fraction of sp³-hybridized carbons (Fsp3) is 0.316. The van der Waals surface area contributed by atoms with Gasteiger partial charge in [-0.25, -0.2) is 8.42 Å². The summed E-state index contributed by atoms with van der Waals surface area (Å²) in [5, 5.41) is 7.15. The van der Waals surface area contributed by atoms with Crippen LogP contribution in [0.25, 0.3) is 0 Å². The van der Waals surface area contributed by atoms with E-state index in [1.54, 1.807) is 44.3 Å². The van der Waals surface area contributed by atoms with Gasteiger partial charge in [-0.15, -0.1) is 24.0 Å². The SMILES string of the molecule is CN=C(NCCOc1cccc(Cl)c1Cl)NCc1ccc(S(C)(=O)=O)c(C)c1.I. The lowest BCUT2D eigenvalue weighted by atomic mass is 10.1. The first-order chi connectivity index (χ1) is 13.2. The van der Waals surface area contributed by atoms with Crippen LogP contribution < -0.4 is 15.4 Å². The number of ether oxygens (including phenoxy) is 1. The van der Waals surface area contributed by atoms with Crippen molar-refractivity contribution in [1.29, 1.82) is 0 Å². The van der Waals surface area contributed by atoms with Crippen molar-refractivity contribution in [2.45, 2.75) is 18.4 Å². The number of guanidine groups is 1. The van der Waals surface area contributed by atoms with E-state index in [0.29, 0.717) is 46.3 Å². The highest BCUT2D eigenvalue weighted by atomic mass is 127. The number of halogens is 3. The normalized spacial score (nSPS) is 11.6. The number of sulfone groups is 1. The van der Waals surface area contributed by atoms with Crippen molar-refractivity contribution in [3.8, 4) is 5.75 Å². The first-order valence-electron chi connectivity index (χ1n) is 8.53. The summed E-state index contributed by atoms with van der Waals surface area (Å²) in [5.41, 5.74) is 1.67. The molecule has 0 radical (unpaired) electrons. The molecule has 0 fully saturated rings. The number of rotatable bonds is 7. The van der Waals surface area contributed by atoms with E-state index in [4.69, 9.17) is 27.9 Å². The maximum atomic E-state index is 11.7. The molecule has 0 aliphatic rings. The van der Waals surface area contributed by atoms with Crippen LogP contribution in [0.1, 0.15) is 11.1 Å². The van der Waals surface area contributed by atoms with E-state index < -0.39 is 9.84 Å². The second-order valence-corrected chi connectivity index (χ2v) is 8.89. The molecule has 0 spiro atoms. The molecule has 160 valence electrons. The molecule has 0 saturated carbocycles. The fourth-order valence-corrected chi connectivity index (χ4v) is 3.88. The minimum Gasteiger partial charge on any atom is -0.490 e. The summed E-state index contributed by atoms with van der Waals surface area (Å²) in [4.78, 5) is 4.50. The van der Waals surface area contributed by atoms with Crippen molar-refractivity contribution in [2.75, 3.05) is 26.5 Å². The number of nitrogens with zero attached hydrogens (tertiary/aromatic N) is 1. The van der Waals surface area contributed by atoms with E-state index in [9.17, 15) is 8.42 Å². The number of aryl methyl sites for hydroxylation is 1. The lowest BCUT2D eigenvalue weighted by Gasteiger charge is -2.14. The van der Waals surface area contributed by atoms with Crippen LogP contribution in [0.15, 0.2) is 46.3 Å². The highest BCUT2D eigenvalue weighted by Crippen LogP contribution is 2.31. The fourth-order valence-electron chi connectivity index (χ4n) is 2.57. The molecule has 0 atom stereocenters. The molecule has 0 aliphatic carbocycles. The number of nitrogens with one attached hydrogen (secondary N) is 2. The molecule has 2 N–H and O–H groups in total. The lowest BCUT2D eigenvalue weighted by molar-refractivity contribution is 0.322. The third-order valence-corrected chi connectivity index (χ3v) is 5.95. The summed E-state index contributed by atoms with van der Waals surface area (Å²) in [6, 6.07) is 10.5. The highest BCUT2D eigenvalue weighted by Gasteiger charge is 2.11. The van der Waals surface area contributed by atoms with Crippen LogP contribution in [-0.4, -0.2) is 40.8 Å². The van der Waals surface area contributed by atoms with Crippen LogP contribution in [0.2, 0.25) is 10.0 Å². The maximum absolute atomic E-state index is 11.7. The molecule has 6 nitrogen and oxygen atoms in total. The second kappa shape index (κ2) is 11.8. The molecule has 2 aromatic carbocycles. The summed E-state index contributed by atoms with van der Waals surface area (Å²) in [6.45, 7) is 3.17. The first kappa shape index (κ1) is 25.8. The van der Waals surface area contributed by atoms with Crippen molar-refractivity contribution in [3.05, 3.63) is 57.6 Å². The minimum absolute atomic E-state index is 0. The summed E-state index contributed by atoms with van der Waals surface area (Å²) < 4.78 is 29.0. The molecule has 0 unspecified atom stereocenters. The number of hydrogen-bond donors (Lipinski definition) is 2. The molecule has 0 saturated heterocycles. The van der Waals surface area contributed by atoms with Crippen molar-refractivity contribution < 1.29 is 13.2 Å². The Hall–Kier alpha value is -1.23. The molecule has 0 aliphatic heterocycles. The predicted octanol–water partition coefficient (Wildman–Crippen LogP) is 4.07. The molecule has 0 aromatic heterocycles. The van der Waals surface area contributed by atoms with Crippen molar-refractivity contribution >= 4 is 63.0 Å². The summed E-state index contributed by atoms with van der Waals surface area (Å²) >= 11 is 12.0. The third kappa shape index (κ3) is 7.84. The van der Waals surface area contributed by atoms with Gasteiger partial charge in [0.05, 0.1) is 16.5 Å². The zero-order valence-corrected chi connectivity index (χ0v) is 21.0. The Labute approximate surface area is 199 Å². The Morgan fingerprint density at radius 3 is 2.52 bits per heavy atom. The minimum atomic E-state index is -3.22. The Kier molecular flexibility index (Phi) is 10.5. The molecule has 10 heteroatoms. The van der Waals surface area contributed by atoms with Gasteiger partial charge in [0, 0.05) is 19.8 Å². The largest absolute Gasteiger partial charge is 0.490 e. The van der Waals surface area contributed by atoms with Crippen LogP contribution in [0.5, 0.6) is 5.75 Å². The average Bonchev–Trinajstić information content (AvgIpc) is 2.63. The van der Waals surface area contributed by atoms with Crippen molar-refractivity contribution in [3.63, 3.8) is 0 Å². The second-order valence-electron chi connectivity index (χ2n) is 6.12. The van der Waals surface area contributed by atoms with Gasteiger partial charge in [0.1, 0.15) is 17.4 Å². The molecule has 0 heterocycles. The molecule has 29 heavy (non-hydrogen) atoms. The van der Waals surface area contributed by atoms with Gasteiger partial charge < -0.3 is 15.4 Å². The van der Waals surface area contributed by atoms with Gasteiger partial charge in [0.25, 0.3) is 0 Å². The standard InChI is InChI=1S/C19H23Cl2N3O3S.HI/c1-13-11-14(7-8-17(13)28(3,25)26)12-24-19(22-2)23-9-10-27-16-6-4-5-15(20)18(16)21;/h4-8,11H,9-10,12H2,1-3H3,(H2,22,23,24);1H. The van der Waals surface area contributed by atoms with Crippen molar-refractivity contribution in [1.82, 2.24) is 10.6 Å². The smallest absolute Gasteiger partial charge is 0.191 e. The lowest BCUT2D eigenvalue weighted by Crippen LogP contribution is -2.38. The summed E-state index contributed by atoms with van der Waals surface area (Å²) in [6.07, 6.45) is 1.21. The first-order valence-corrected chi connectivity index (χ1v) is 11.2. The predicted molar refractivity (Wildman–Crippen MR) is 130 cm³/mol. The van der Waals surface area contributed by atoms with Crippen LogP contribution >= 0.6 is 47.2 Å². The summed E-state index contributed by atoms with van der Waals surface area (Å²) in [5.74, 6) is 1.13. The Balaban J connectivity index is 0.00000420. The van der Waals surface area contributed by atoms with Crippen LogP contribution in [0.4, 0.5) is 0 Å². The van der Waals surface area contributed by atoms with Crippen LogP contribution in [0, 0.1) is 6.92 Å². The topological polar surface area (TPSA) is 79.8 Å². The van der Waals surface area contributed by atoms with E-state index in [2.05, 4.69) is 15.6 Å². The highest BCUT2D eigenvalue weighted by molar-refractivity contribution is 14.0. The zero-order chi connectivity index (χ0) is 20.7. The average molecular weight is 572 g/mol. The Bertz CT molecular complexity index is 969. The summed E-state index contributed by atoms with van der Waals surface area (Å²) in [7, 11) is -1.55. The molecule has 2 rings (SSSR count). The molecular formula is C19H24Cl2IN3O3S. The molecule has 0 bridgehead atoms. The molecule has 0 amide bonds. The van der Waals surface area contributed by atoms with Gasteiger partial charge >= 0.3 is 0 Å². The van der Waals surface area contributed by atoms with Gasteiger partial charge in [0.15, 0.2) is 15.8 Å². The van der Waals surface area contributed by atoms with E-state index in [0.717, 1.165) is 11.1 Å². The monoisotopic (exact) mass is 571 g/mol. The third-order valence-electron chi connectivity index (χ3n) is 3.89. The zero-order valence-electron chi connectivity index (χ0n) is 16.3. The Morgan fingerprint density at radius 1 is 1.17 bits per heavy atom. The van der Waals surface area contributed by atoms with Gasteiger partial charge in [-0.1, -0.05) is 41.4 Å². The number of aliphatic imine (C=N–C) groups is 1. The quantitative estimate of drug-likeness (QED) is 0.227. The van der Waals surface area contributed by atoms with Crippen LogP contribution in [0.3, 0.4) is 0 Å². The van der Waals surface area contributed by atoms with Crippen LogP contribution in [-0.2, 0) is 16.4 Å².